The molecule has 27 heavy (non-hydrogen) atoms. The van der Waals surface area contributed by atoms with Crippen molar-refractivity contribution >= 4 is 17.4 Å². The molecule has 1 aliphatic rings. The molecule has 5 heteroatoms. The number of carbonyl (C=O) groups is 2. The van der Waals surface area contributed by atoms with E-state index in [0.717, 1.165) is 16.8 Å². The van der Waals surface area contributed by atoms with E-state index in [4.69, 9.17) is 0 Å². The fraction of sp³-hybridized carbons (Fsp3) is 0.318. The van der Waals surface area contributed by atoms with Crippen molar-refractivity contribution in [2.24, 2.45) is 0 Å². The van der Waals surface area contributed by atoms with E-state index in [1.807, 2.05) is 36.1 Å². The third-order valence-corrected chi connectivity index (χ3v) is 5.10. The number of carbonyl (C=O) groups excluding carboxylic acids is 2. The van der Waals surface area contributed by atoms with Gasteiger partial charge in [-0.3, -0.25) is 9.59 Å². The lowest BCUT2D eigenvalue weighted by Gasteiger charge is -2.36. The highest BCUT2D eigenvalue weighted by molar-refractivity contribution is 5.95. The zero-order chi connectivity index (χ0) is 19.4. The lowest BCUT2D eigenvalue weighted by molar-refractivity contribution is -0.130. The summed E-state index contributed by atoms with van der Waals surface area (Å²) in [6, 6.07) is 15.3. The van der Waals surface area contributed by atoms with Crippen molar-refractivity contribution in [3.8, 4) is 6.07 Å². The summed E-state index contributed by atoms with van der Waals surface area (Å²) >= 11 is 0. The van der Waals surface area contributed by atoms with Crippen molar-refractivity contribution in [1.82, 2.24) is 4.90 Å². The number of aryl methyl sites for hydroxylation is 1. The fourth-order valence-electron chi connectivity index (χ4n) is 3.39. The topological polar surface area (TPSA) is 64.4 Å². The predicted molar refractivity (Wildman–Crippen MR) is 105 cm³/mol. The van der Waals surface area contributed by atoms with Crippen LogP contribution in [0.2, 0.25) is 0 Å². The van der Waals surface area contributed by atoms with E-state index in [0.29, 0.717) is 43.7 Å². The quantitative estimate of drug-likeness (QED) is 0.786. The molecular formula is C22H23N3O2. The Morgan fingerprint density at radius 3 is 2.41 bits per heavy atom. The van der Waals surface area contributed by atoms with Crippen LogP contribution in [0, 0.1) is 18.3 Å². The van der Waals surface area contributed by atoms with Gasteiger partial charge >= 0.3 is 0 Å². The first-order chi connectivity index (χ1) is 13.0. The Balaban J connectivity index is 1.68. The van der Waals surface area contributed by atoms with Crippen LogP contribution in [0.3, 0.4) is 0 Å². The number of anilines is 1. The highest BCUT2D eigenvalue weighted by Crippen LogP contribution is 2.24. The van der Waals surface area contributed by atoms with Crippen LogP contribution < -0.4 is 4.90 Å². The molecule has 0 N–H and O–H groups in total. The van der Waals surface area contributed by atoms with Gasteiger partial charge in [-0.05, 0) is 43.2 Å². The van der Waals surface area contributed by atoms with Gasteiger partial charge in [0.15, 0.2) is 5.78 Å². The van der Waals surface area contributed by atoms with Gasteiger partial charge in [0.1, 0.15) is 6.07 Å². The van der Waals surface area contributed by atoms with Gasteiger partial charge in [0.2, 0.25) is 5.91 Å². The first-order valence-corrected chi connectivity index (χ1v) is 9.12. The molecule has 1 heterocycles. The first kappa shape index (κ1) is 18.7. The molecule has 5 nitrogen and oxygen atoms in total. The van der Waals surface area contributed by atoms with Crippen molar-refractivity contribution in [2.45, 2.75) is 20.3 Å². The molecule has 1 fully saturated rings. The molecule has 0 radical (unpaired) electrons. The second-order valence-electron chi connectivity index (χ2n) is 6.87. The number of hydrogen-bond acceptors (Lipinski definition) is 4. The van der Waals surface area contributed by atoms with Crippen molar-refractivity contribution < 1.29 is 9.59 Å². The van der Waals surface area contributed by atoms with Crippen LogP contribution in [-0.2, 0) is 11.2 Å². The molecule has 0 saturated carbocycles. The highest BCUT2D eigenvalue weighted by Gasteiger charge is 2.23. The Labute approximate surface area is 159 Å². The highest BCUT2D eigenvalue weighted by atomic mass is 16.2. The number of nitriles is 1. The maximum absolute atomic E-state index is 12.6. The van der Waals surface area contributed by atoms with Gasteiger partial charge in [-0.2, -0.15) is 5.26 Å². The molecule has 1 saturated heterocycles. The number of amides is 1. The van der Waals surface area contributed by atoms with Gasteiger partial charge in [-0.25, -0.2) is 0 Å². The van der Waals surface area contributed by atoms with Crippen LogP contribution in [0.1, 0.15) is 34.0 Å². The number of ketones is 1. The molecular weight excluding hydrogens is 338 g/mol. The van der Waals surface area contributed by atoms with Crippen LogP contribution in [-0.4, -0.2) is 42.8 Å². The van der Waals surface area contributed by atoms with E-state index in [2.05, 4.69) is 11.0 Å². The van der Waals surface area contributed by atoms with Gasteiger partial charge in [0.05, 0.1) is 17.7 Å². The Bertz CT molecular complexity index is 906. The van der Waals surface area contributed by atoms with E-state index in [1.165, 1.54) is 6.92 Å². The van der Waals surface area contributed by atoms with Crippen LogP contribution in [0.5, 0.6) is 0 Å². The summed E-state index contributed by atoms with van der Waals surface area (Å²) in [7, 11) is 0. The van der Waals surface area contributed by atoms with Gasteiger partial charge in [-0.15, -0.1) is 0 Å². The molecule has 0 aromatic heterocycles. The van der Waals surface area contributed by atoms with Gasteiger partial charge in [0, 0.05) is 31.7 Å². The van der Waals surface area contributed by atoms with Crippen molar-refractivity contribution in [3.05, 3.63) is 64.7 Å². The lowest BCUT2D eigenvalue weighted by atomic mass is 10.0. The molecule has 0 aliphatic carbocycles. The molecule has 1 amide bonds. The van der Waals surface area contributed by atoms with Gasteiger partial charge in [-0.1, -0.05) is 24.3 Å². The number of benzene rings is 2. The van der Waals surface area contributed by atoms with E-state index < -0.39 is 0 Å². The number of Topliss-reactive ketones (excluding diaryl/α,β-unsaturated/α-hetero) is 1. The minimum absolute atomic E-state index is 0.0206. The maximum Gasteiger partial charge on any atom is 0.227 e. The van der Waals surface area contributed by atoms with E-state index >= 15 is 0 Å². The van der Waals surface area contributed by atoms with E-state index in [9.17, 15) is 14.9 Å². The molecule has 0 unspecified atom stereocenters. The standard InChI is InChI=1S/C22H23N3O2/c1-16-5-3-4-6-18(16)14-22(27)25-11-9-24(10-12-25)21-13-19(17(2)26)7-8-20(21)15-23/h3-8,13H,9-12,14H2,1-2H3. The summed E-state index contributed by atoms with van der Waals surface area (Å²) in [5.74, 6) is 0.106. The third kappa shape index (κ3) is 4.17. The number of piperazine rings is 1. The van der Waals surface area contributed by atoms with E-state index in [-0.39, 0.29) is 11.7 Å². The largest absolute Gasteiger partial charge is 0.367 e. The van der Waals surface area contributed by atoms with Crippen molar-refractivity contribution in [1.29, 1.82) is 5.26 Å². The first-order valence-electron chi connectivity index (χ1n) is 9.12. The average molecular weight is 361 g/mol. The summed E-state index contributed by atoms with van der Waals surface area (Å²) in [6.45, 7) is 6.06. The SMILES string of the molecule is CC(=O)c1ccc(C#N)c(N2CCN(C(=O)Cc3ccccc3C)CC2)c1. The summed E-state index contributed by atoms with van der Waals surface area (Å²) in [6.07, 6.45) is 0.413. The molecule has 3 rings (SSSR count). The fourth-order valence-corrected chi connectivity index (χ4v) is 3.39. The summed E-state index contributed by atoms with van der Waals surface area (Å²) in [4.78, 5) is 28.3. The van der Waals surface area contributed by atoms with Crippen molar-refractivity contribution in [2.75, 3.05) is 31.1 Å². The second-order valence-corrected chi connectivity index (χ2v) is 6.87. The minimum atomic E-state index is -0.0206. The summed E-state index contributed by atoms with van der Waals surface area (Å²) in [5, 5.41) is 9.38. The second kappa shape index (κ2) is 8.05. The Morgan fingerprint density at radius 2 is 1.78 bits per heavy atom. The predicted octanol–water partition coefficient (Wildman–Crippen LogP) is 2.96. The van der Waals surface area contributed by atoms with Crippen LogP contribution in [0.25, 0.3) is 0 Å². The normalized spacial score (nSPS) is 14.0. The summed E-state index contributed by atoms with van der Waals surface area (Å²) < 4.78 is 0. The average Bonchev–Trinajstić information content (AvgIpc) is 2.69. The molecule has 138 valence electrons. The maximum atomic E-state index is 12.6. The third-order valence-electron chi connectivity index (χ3n) is 5.10. The Hall–Kier alpha value is -3.13. The zero-order valence-electron chi connectivity index (χ0n) is 15.7. The van der Waals surface area contributed by atoms with Gasteiger partial charge in [0.25, 0.3) is 0 Å². The lowest BCUT2D eigenvalue weighted by Crippen LogP contribution is -2.49. The van der Waals surface area contributed by atoms with E-state index in [1.54, 1.807) is 18.2 Å². The van der Waals surface area contributed by atoms with Crippen LogP contribution in [0.15, 0.2) is 42.5 Å². The minimum Gasteiger partial charge on any atom is -0.367 e. The number of hydrogen-bond donors (Lipinski definition) is 0. The molecule has 2 aromatic rings. The molecule has 0 spiro atoms. The molecule has 2 aromatic carbocycles. The Kier molecular flexibility index (Phi) is 5.56. The Morgan fingerprint density at radius 1 is 1.07 bits per heavy atom. The van der Waals surface area contributed by atoms with Gasteiger partial charge < -0.3 is 9.80 Å². The molecule has 0 atom stereocenters. The number of rotatable bonds is 4. The number of nitrogens with zero attached hydrogens (tertiary/aromatic N) is 3. The zero-order valence-corrected chi connectivity index (χ0v) is 15.7. The smallest absolute Gasteiger partial charge is 0.227 e. The van der Waals surface area contributed by atoms with Crippen molar-refractivity contribution in [3.63, 3.8) is 0 Å². The summed E-state index contributed by atoms with van der Waals surface area (Å²) in [5.41, 5.74) is 4.12. The van der Waals surface area contributed by atoms with Crippen LogP contribution in [0.4, 0.5) is 5.69 Å². The monoisotopic (exact) mass is 361 g/mol. The molecule has 0 bridgehead atoms. The van der Waals surface area contributed by atoms with Crippen LogP contribution >= 0.6 is 0 Å². The molecule has 1 aliphatic heterocycles.